The maximum Gasteiger partial charge on any atom is 0.196 e. The highest BCUT2D eigenvalue weighted by molar-refractivity contribution is 7.98. The van der Waals surface area contributed by atoms with Gasteiger partial charge < -0.3 is 0 Å². The summed E-state index contributed by atoms with van der Waals surface area (Å²) in [6, 6.07) is 11.4. The summed E-state index contributed by atoms with van der Waals surface area (Å²) in [7, 11) is 0. The molecule has 2 heterocycles. The minimum Gasteiger partial charge on any atom is -0.288 e. The standard InChI is InChI=1S/C13H9NOS/c15-13-9-5-3-7-14-11(9)8-16-12-6-2-1-4-10(12)13/h1-7H,8H2. The molecular weight excluding hydrogens is 218 g/mol. The zero-order valence-corrected chi connectivity index (χ0v) is 9.33. The molecule has 0 aliphatic carbocycles. The van der Waals surface area contributed by atoms with Crippen LogP contribution in [0.15, 0.2) is 47.5 Å². The molecule has 1 aromatic carbocycles. The first kappa shape index (κ1) is 9.60. The van der Waals surface area contributed by atoms with Crippen LogP contribution in [0, 0.1) is 0 Å². The van der Waals surface area contributed by atoms with Gasteiger partial charge in [-0.25, -0.2) is 0 Å². The fourth-order valence-corrected chi connectivity index (χ4v) is 2.84. The topological polar surface area (TPSA) is 30.0 Å². The summed E-state index contributed by atoms with van der Waals surface area (Å²) in [4.78, 5) is 17.6. The SMILES string of the molecule is O=C1c2ccccc2SCc2ncccc21. The number of rotatable bonds is 0. The molecule has 0 spiro atoms. The minimum atomic E-state index is 0.0868. The summed E-state index contributed by atoms with van der Waals surface area (Å²) in [6.07, 6.45) is 1.74. The van der Waals surface area contributed by atoms with E-state index >= 15 is 0 Å². The van der Waals surface area contributed by atoms with Crippen LogP contribution in [0.5, 0.6) is 0 Å². The van der Waals surface area contributed by atoms with E-state index in [4.69, 9.17) is 0 Å². The Morgan fingerprint density at radius 1 is 1.06 bits per heavy atom. The highest BCUT2D eigenvalue weighted by Crippen LogP contribution is 2.32. The molecule has 2 aromatic rings. The molecule has 0 fully saturated rings. The van der Waals surface area contributed by atoms with Crippen LogP contribution in [0.3, 0.4) is 0 Å². The van der Waals surface area contributed by atoms with E-state index in [-0.39, 0.29) is 5.78 Å². The molecule has 1 aromatic heterocycles. The maximum atomic E-state index is 12.3. The second-order valence-corrected chi connectivity index (χ2v) is 4.63. The first-order chi connectivity index (χ1) is 7.86. The molecule has 0 unspecified atom stereocenters. The van der Waals surface area contributed by atoms with Crippen LogP contribution in [0.25, 0.3) is 0 Å². The van der Waals surface area contributed by atoms with Gasteiger partial charge in [-0.3, -0.25) is 9.78 Å². The zero-order chi connectivity index (χ0) is 11.0. The average Bonchev–Trinajstić information content (AvgIpc) is 2.49. The predicted molar refractivity (Wildman–Crippen MR) is 63.7 cm³/mol. The van der Waals surface area contributed by atoms with Crippen molar-refractivity contribution in [1.82, 2.24) is 4.98 Å². The Morgan fingerprint density at radius 3 is 2.81 bits per heavy atom. The number of fused-ring (bicyclic) bond motifs is 2. The molecule has 3 rings (SSSR count). The van der Waals surface area contributed by atoms with Gasteiger partial charge >= 0.3 is 0 Å². The number of benzene rings is 1. The number of carbonyl (C=O) groups is 1. The van der Waals surface area contributed by atoms with Gasteiger partial charge in [-0.05, 0) is 24.3 Å². The van der Waals surface area contributed by atoms with E-state index in [9.17, 15) is 4.79 Å². The molecule has 78 valence electrons. The number of carbonyl (C=O) groups excluding carboxylic acids is 1. The van der Waals surface area contributed by atoms with Crippen molar-refractivity contribution in [3.63, 3.8) is 0 Å². The van der Waals surface area contributed by atoms with Gasteiger partial charge in [0.05, 0.1) is 5.69 Å². The van der Waals surface area contributed by atoms with E-state index in [0.717, 1.165) is 27.5 Å². The molecule has 0 saturated heterocycles. The molecule has 1 aliphatic heterocycles. The van der Waals surface area contributed by atoms with E-state index in [0.29, 0.717) is 0 Å². The third kappa shape index (κ3) is 1.44. The van der Waals surface area contributed by atoms with Crippen LogP contribution >= 0.6 is 11.8 Å². The predicted octanol–water partition coefficient (Wildman–Crippen LogP) is 2.92. The fraction of sp³-hybridized carbons (Fsp3) is 0.0769. The fourth-order valence-electron chi connectivity index (χ4n) is 1.83. The van der Waals surface area contributed by atoms with Crippen LogP contribution in [0.4, 0.5) is 0 Å². The Labute approximate surface area is 97.7 Å². The Morgan fingerprint density at radius 2 is 1.88 bits per heavy atom. The van der Waals surface area contributed by atoms with Crippen LogP contribution in [-0.4, -0.2) is 10.8 Å². The van der Waals surface area contributed by atoms with Crippen molar-refractivity contribution in [2.45, 2.75) is 10.6 Å². The molecule has 0 N–H and O–H groups in total. The second-order valence-electron chi connectivity index (χ2n) is 3.61. The molecule has 1 aliphatic rings. The zero-order valence-electron chi connectivity index (χ0n) is 8.51. The second kappa shape index (κ2) is 3.76. The summed E-state index contributed by atoms with van der Waals surface area (Å²) in [5.74, 6) is 0.850. The van der Waals surface area contributed by atoms with Crippen LogP contribution in [0.2, 0.25) is 0 Å². The van der Waals surface area contributed by atoms with Gasteiger partial charge in [-0.1, -0.05) is 12.1 Å². The maximum absolute atomic E-state index is 12.3. The first-order valence-corrected chi connectivity index (χ1v) is 6.05. The van der Waals surface area contributed by atoms with Gasteiger partial charge in [0, 0.05) is 28.0 Å². The van der Waals surface area contributed by atoms with Crippen molar-refractivity contribution in [3.8, 4) is 0 Å². The number of ketones is 1. The van der Waals surface area contributed by atoms with Crippen molar-refractivity contribution in [1.29, 1.82) is 0 Å². The van der Waals surface area contributed by atoms with Crippen LogP contribution in [0.1, 0.15) is 21.6 Å². The first-order valence-electron chi connectivity index (χ1n) is 5.06. The van der Waals surface area contributed by atoms with Gasteiger partial charge in [0.25, 0.3) is 0 Å². The lowest BCUT2D eigenvalue weighted by Crippen LogP contribution is -2.04. The Hall–Kier alpha value is -1.61. The molecule has 16 heavy (non-hydrogen) atoms. The number of thioether (sulfide) groups is 1. The van der Waals surface area contributed by atoms with Crippen molar-refractivity contribution >= 4 is 17.5 Å². The molecule has 0 saturated carbocycles. The summed E-state index contributed by atoms with van der Waals surface area (Å²) in [5, 5.41) is 0. The van der Waals surface area contributed by atoms with Crippen LogP contribution < -0.4 is 0 Å². The van der Waals surface area contributed by atoms with Gasteiger partial charge in [-0.2, -0.15) is 0 Å². The largest absolute Gasteiger partial charge is 0.288 e. The monoisotopic (exact) mass is 227 g/mol. The van der Waals surface area contributed by atoms with Crippen molar-refractivity contribution in [2.24, 2.45) is 0 Å². The van der Waals surface area contributed by atoms with Crippen LogP contribution in [-0.2, 0) is 5.75 Å². The molecular formula is C13H9NOS. The van der Waals surface area contributed by atoms with Gasteiger partial charge in [0.2, 0.25) is 0 Å². The smallest absolute Gasteiger partial charge is 0.196 e. The lowest BCUT2D eigenvalue weighted by atomic mass is 10.0. The number of aromatic nitrogens is 1. The Bertz CT molecular complexity index is 516. The molecule has 3 heteroatoms. The van der Waals surface area contributed by atoms with E-state index in [1.54, 1.807) is 18.0 Å². The third-order valence-electron chi connectivity index (χ3n) is 2.63. The summed E-state index contributed by atoms with van der Waals surface area (Å²) < 4.78 is 0. The van der Waals surface area contributed by atoms with E-state index < -0.39 is 0 Å². The molecule has 0 radical (unpaired) electrons. The van der Waals surface area contributed by atoms with E-state index in [1.165, 1.54) is 0 Å². The summed E-state index contributed by atoms with van der Waals surface area (Å²) in [5.41, 5.74) is 2.41. The van der Waals surface area contributed by atoms with Crippen molar-refractivity contribution < 1.29 is 4.79 Å². The van der Waals surface area contributed by atoms with Crippen molar-refractivity contribution in [3.05, 3.63) is 59.4 Å². The Balaban J connectivity index is 2.22. The Kier molecular flexibility index (Phi) is 2.26. The number of hydrogen-bond donors (Lipinski definition) is 0. The highest BCUT2D eigenvalue weighted by Gasteiger charge is 2.21. The van der Waals surface area contributed by atoms with Gasteiger partial charge in [-0.15, -0.1) is 11.8 Å². The molecule has 0 amide bonds. The normalized spacial score (nSPS) is 13.9. The molecule has 2 nitrogen and oxygen atoms in total. The quantitative estimate of drug-likeness (QED) is 0.693. The van der Waals surface area contributed by atoms with E-state index in [2.05, 4.69) is 4.98 Å². The third-order valence-corrected chi connectivity index (χ3v) is 3.72. The summed E-state index contributed by atoms with van der Waals surface area (Å²) >= 11 is 1.67. The average molecular weight is 227 g/mol. The van der Waals surface area contributed by atoms with E-state index in [1.807, 2.05) is 36.4 Å². The number of nitrogens with zero attached hydrogens (tertiary/aromatic N) is 1. The highest BCUT2D eigenvalue weighted by atomic mass is 32.2. The lowest BCUT2D eigenvalue weighted by molar-refractivity contribution is 0.103. The lowest BCUT2D eigenvalue weighted by Gasteiger charge is -2.02. The minimum absolute atomic E-state index is 0.0868. The van der Waals surface area contributed by atoms with Gasteiger partial charge in [0.1, 0.15) is 0 Å². The molecule has 0 bridgehead atoms. The summed E-state index contributed by atoms with van der Waals surface area (Å²) in [6.45, 7) is 0. The van der Waals surface area contributed by atoms with Gasteiger partial charge in [0.15, 0.2) is 5.78 Å². The number of hydrogen-bond acceptors (Lipinski definition) is 3. The van der Waals surface area contributed by atoms with Crippen molar-refractivity contribution in [2.75, 3.05) is 0 Å². The number of pyridine rings is 1. The molecule has 0 atom stereocenters.